The van der Waals surface area contributed by atoms with E-state index in [1.807, 2.05) is 30.3 Å². The Morgan fingerprint density at radius 1 is 1.29 bits per heavy atom. The second-order valence-electron chi connectivity index (χ2n) is 7.19. The number of aromatic nitrogens is 2. The summed E-state index contributed by atoms with van der Waals surface area (Å²) in [4.78, 5) is 23.2. The SMILES string of the molecule is CCNc1cc(N2CCC[C@@H](CCC(=O)NCc3ccc(Cl)cc3)C2)ncn1. The van der Waals surface area contributed by atoms with E-state index in [0.717, 1.165) is 56.1 Å². The molecule has 3 rings (SSSR count). The molecule has 150 valence electrons. The molecule has 1 aromatic carbocycles. The standard InChI is InChI=1S/C21H28ClN5O/c1-2-23-19-12-20(26-15-25-19)27-11-3-4-17(14-27)7-10-21(28)24-13-16-5-8-18(22)9-6-16/h5-6,8-9,12,15,17H,2-4,7,10-11,13-14H2,1H3,(H,24,28)(H,23,25,26)/t17-/m0/s1. The molecule has 2 heterocycles. The number of halogens is 1. The average Bonchev–Trinajstić information content (AvgIpc) is 2.72. The number of anilines is 2. The lowest BCUT2D eigenvalue weighted by molar-refractivity contribution is -0.121. The quantitative estimate of drug-likeness (QED) is 0.702. The highest BCUT2D eigenvalue weighted by Crippen LogP contribution is 2.25. The van der Waals surface area contributed by atoms with Crippen LogP contribution in [0.25, 0.3) is 0 Å². The molecule has 0 bridgehead atoms. The van der Waals surface area contributed by atoms with Gasteiger partial charge in [0.05, 0.1) is 0 Å². The normalized spacial score (nSPS) is 16.6. The monoisotopic (exact) mass is 401 g/mol. The van der Waals surface area contributed by atoms with E-state index in [-0.39, 0.29) is 5.91 Å². The Kier molecular flexibility index (Phi) is 7.48. The number of carbonyl (C=O) groups excluding carboxylic acids is 1. The molecule has 1 aliphatic heterocycles. The van der Waals surface area contributed by atoms with Crippen molar-refractivity contribution < 1.29 is 4.79 Å². The van der Waals surface area contributed by atoms with E-state index in [4.69, 9.17) is 11.6 Å². The van der Waals surface area contributed by atoms with Gasteiger partial charge in [-0.3, -0.25) is 4.79 Å². The Hall–Kier alpha value is -2.34. The van der Waals surface area contributed by atoms with Gasteiger partial charge in [-0.05, 0) is 49.8 Å². The smallest absolute Gasteiger partial charge is 0.220 e. The minimum atomic E-state index is 0.101. The van der Waals surface area contributed by atoms with Gasteiger partial charge in [-0.2, -0.15) is 0 Å². The molecular weight excluding hydrogens is 374 g/mol. The summed E-state index contributed by atoms with van der Waals surface area (Å²) in [6, 6.07) is 9.56. The van der Waals surface area contributed by atoms with Crippen LogP contribution in [0.3, 0.4) is 0 Å². The first-order valence-corrected chi connectivity index (χ1v) is 10.3. The number of piperidine rings is 1. The summed E-state index contributed by atoms with van der Waals surface area (Å²) in [7, 11) is 0. The molecule has 2 aromatic rings. The van der Waals surface area contributed by atoms with Crippen molar-refractivity contribution in [3.05, 3.63) is 47.2 Å². The van der Waals surface area contributed by atoms with Crippen molar-refractivity contribution in [2.24, 2.45) is 5.92 Å². The molecule has 6 nitrogen and oxygen atoms in total. The minimum absolute atomic E-state index is 0.101. The van der Waals surface area contributed by atoms with Gasteiger partial charge in [0.25, 0.3) is 0 Å². The average molecular weight is 402 g/mol. The molecule has 0 saturated carbocycles. The van der Waals surface area contributed by atoms with Crippen LogP contribution in [-0.4, -0.2) is 35.5 Å². The zero-order chi connectivity index (χ0) is 19.8. The fraction of sp³-hybridized carbons (Fsp3) is 0.476. The highest BCUT2D eigenvalue weighted by atomic mass is 35.5. The lowest BCUT2D eigenvalue weighted by Gasteiger charge is -2.33. The van der Waals surface area contributed by atoms with Gasteiger partial charge in [0.15, 0.2) is 0 Å². The van der Waals surface area contributed by atoms with E-state index in [1.54, 1.807) is 6.33 Å². The van der Waals surface area contributed by atoms with Crippen molar-refractivity contribution in [1.29, 1.82) is 0 Å². The molecule has 0 aliphatic carbocycles. The summed E-state index contributed by atoms with van der Waals surface area (Å²) in [5, 5.41) is 6.94. The minimum Gasteiger partial charge on any atom is -0.370 e. The summed E-state index contributed by atoms with van der Waals surface area (Å²) in [6.07, 6.45) is 5.34. The Morgan fingerprint density at radius 3 is 2.89 bits per heavy atom. The van der Waals surface area contributed by atoms with Crippen molar-refractivity contribution in [1.82, 2.24) is 15.3 Å². The molecule has 1 aromatic heterocycles. The number of carbonyl (C=O) groups is 1. The molecule has 1 atom stereocenters. The third-order valence-corrected chi connectivity index (χ3v) is 5.29. The molecule has 0 unspecified atom stereocenters. The van der Waals surface area contributed by atoms with Gasteiger partial charge in [0.2, 0.25) is 5.91 Å². The van der Waals surface area contributed by atoms with Crippen molar-refractivity contribution >= 4 is 29.1 Å². The maximum Gasteiger partial charge on any atom is 0.220 e. The third-order valence-electron chi connectivity index (χ3n) is 5.04. The van der Waals surface area contributed by atoms with Crippen LogP contribution in [0.2, 0.25) is 5.02 Å². The van der Waals surface area contributed by atoms with E-state index in [9.17, 15) is 4.79 Å². The number of hydrogen-bond acceptors (Lipinski definition) is 5. The van der Waals surface area contributed by atoms with Crippen LogP contribution in [0.5, 0.6) is 0 Å². The molecule has 1 fully saturated rings. The summed E-state index contributed by atoms with van der Waals surface area (Å²) in [6.45, 7) is 5.37. The highest BCUT2D eigenvalue weighted by Gasteiger charge is 2.22. The Labute approximate surface area is 171 Å². The van der Waals surface area contributed by atoms with E-state index < -0.39 is 0 Å². The van der Waals surface area contributed by atoms with Gasteiger partial charge in [0.1, 0.15) is 18.0 Å². The fourth-order valence-corrected chi connectivity index (χ4v) is 3.66. The Morgan fingerprint density at radius 2 is 2.11 bits per heavy atom. The zero-order valence-electron chi connectivity index (χ0n) is 16.3. The molecular formula is C21H28ClN5O. The molecule has 0 radical (unpaired) electrons. The van der Waals surface area contributed by atoms with E-state index in [1.165, 1.54) is 0 Å². The lowest BCUT2D eigenvalue weighted by Crippen LogP contribution is -2.36. The Balaban J connectivity index is 1.45. The summed E-state index contributed by atoms with van der Waals surface area (Å²) in [5.74, 6) is 2.43. The third kappa shape index (κ3) is 6.09. The molecule has 0 spiro atoms. The first kappa shape index (κ1) is 20.4. The predicted octanol–water partition coefficient (Wildman–Crippen LogP) is 3.87. The van der Waals surface area contributed by atoms with Gasteiger partial charge < -0.3 is 15.5 Å². The predicted molar refractivity (Wildman–Crippen MR) is 114 cm³/mol. The van der Waals surface area contributed by atoms with E-state index in [2.05, 4.69) is 32.4 Å². The lowest BCUT2D eigenvalue weighted by atomic mass is 9.93. The summed E-state index contributed by atoms with van der Waals surface area (Å²) in [5.41, 5.74) is 1.06. The van der Waals surface area contributed by atoms with Crippen LogP contribution in [0.4, 0.5) is 11.6 Å². The molecule has 1 saturated heterocycles. The maximum atomic E-state index is 12.2. The van der Waals surface area contributed by atoms with Gasteiger partial charge >= 0.3 is 0 Å². The van der Waals surface area contributed by atoms with Crippen molar-refractivity contribution in [2.75, 3.05) is 29.9 Å². The van der Waals surface area contributed by atoms with Crippen molar-refractivity contribution in [3.8, 4) is 0 Å². The number of nitrogens with one attached hydrogen (secondary N) is 2. The van der Waals surface area contributed by atoms with Crippen LogP contribution in [-0.2, 0) is 11.3 Å². The van der Waals surface area contributed by atoms with Crippen molar-refractivity contribution in [2.45, 2.75) is 39.2 Å². The highest BCUT2D eigenvalue weighted by molar-refractivity contribution is 6.30. The van der Waals surface area contributed by atoms with E-state index >= 15 is 0 Å². The largest absolute Gasteiger partial charge is 0.370 e. The van der Waals surface area contributed by atoms with Gasteiger partial charge in [0, 0.05) is 43.7 Å². The second-order valence-corrected chi connectivity index (χ2v) is 7.62. The summed E-state index contributed by atoms with van der Waals surface area (Å²) >= 11 is 5.89. The van der Waals surface area contributed by atoms with Gasteiger partial charge in [-0.15, -0.1) is 0 Å². The molecule has 2 N–H and O–H groups in total. The van der Waals surface area contributed by atoms with Crippen LogP contribution < -0.4 is 15.5 Å². The number of nitrogens with zero attached hydrogens (tertiary/aromatic N) is 3. The molecule has 1 amide bonds. The Bertz CT molecular complexity index is 768. The van der Waals surface area contributed by atoms with Crippen LogP contribution in [0.1, 0.15) is 38.2 Å². The summed E-state index contributed by atoms with van der Waals surface area (Å²) < 4.78 is 0. The topological polar surface area (TPSA) is 70.2 Å². The number of hydrogen-bond donors (Lipinski definition) is 2. The fourth-order valence-electron chi connectivity index (χ4n) is 3.53. The second kappa shape index (κ2) is 10.3. The van der Waals surface area contributed by atoms with Crippen molar-refractivity contribution in [3.63, 3.8) is 0 Å². The van der Waals surface area contributed by atoms with E-state index in [0.29, 0.717) is 23.9 Å². The van der Waals surface area contributed by atoms with Crippen LogP contribution >= 0.6 is 11.6 Å². The van der Waals surface area contributed by atoms with Crippen LogP contribution in [0.15, 0.2) is 36.7 Å². The molecule has 1 aliphatic rings. The molecule has 7 heteroatoms. The van der Waals surface area contributed by atoms with Gasteiger partial charge in [-0.1, -0.05) is 23.7 Å². The first-order valence-electron chi connectivity index (χ1n) is 9.96. The first-order chi connectivity index (χ1) is 13.6. The molecule has 28 heavy (non-hydrogen) atoms. The van der Waals surface area contributed by atoms with Gasteiger partial charge in [-0.25, -0.2) is 9.97 Å². The maximum absolute atomic E-state index is 12.2. The number of amides is 1. The zero-order valence-corrected chi connectivity index (χ0v) is 17.1. The number of rotatable bonds is 8. The van der Waals surface area contributed by atoms with Crippen LogP contribution in [0, 0.1) is 5.92 Å². The number of benzene rings is 1.